The van der Waals surface area contributed by atoms with Crippen LogP contribution in [0.15, 0.2) is 0 Å². The van der Waals surface area contributed by atoms with Crippen molar-refractivity contribution in [3.63, 3.8) is 0 Å². The quantitative estimate of drug-likeness (QED) is 0.362. The van der Waals surface area contributed by atoms with Crippen LogP contribution in [0.3, 0.4) is 0 Å². The molecule has 0 rings (SSSR count). The van der Waals surface area contributed by atoms with Crippen LogP contribution in [0.2, 0.25) is 0 Å². The summed E-state index contributed by atoms with van der Waals surface area (Å²) in [4.78, 5) is 21.5. The van der Waals surface area contributed by atoms with E-state index < -0.39 is 0 Å². The topological polar surface area (TPSA) is 49.4 Å². The van der Waals surface area contributed by atoms with Gasteiger partial charge in [-0.15, -0.1) is 0 Å². The first kappa shape index (κ1) is 12.3. The molecule has 0 aliphatic carbocycles. The Kier molecular flexibility index (Phi) is 7.48. The molecule has 0 radical (unpaired) electrons. The highest BCUT2D eigenvalue weighted by molar-refractivity contribution is 7.80. The summed E-state index contributed by atoms with van der Waals surface area (Å²) in [5.74, 6) is 0.488. The zero-order valence-corrected chi connectivity index (χ0v) is 8.72. The summed E-state index contributed by atoms with van der Waals surface area (Å²) in [5, 5.41) is 1.30. The maximum Gasteiger partial charge on any atom is 0.240 e. The Hall–Kier alpha value is -0.710. The predicted octanol–water partition coefficient (Wildman–Crippen LogP) is 0.596. The minimum atomic E-state index is -0.0528. The van der Waals surface area contributed by atoms with Gasteiger partial charge < -0.3 is 0 Å². The monoisotopic (exact) mass is 204 g/mol. The number of thiol groups is 1. The molecule has 1 N–H and O–H groups in total. The molecule has 4 nitrogen and oxygen atoms in total. The van der Waals surface area contributed by atoms with Gasteiger partial charge in [0, 0.05) is 12.2 Å². The van der Waals surface area contributed by atoms with Gasteiger partial charge in [0.15, 0.2) is 0 Å². The zero-order chi connectivity index (χ0) is 10.1. The van der Waals surface area contributed by atoms with Gasteiger partial charge in [0.25, 0.3) is 0 Å². The number of hydrazine groups is 1. The van der Waals surface area contributed by atoms with E-state index in [9.17, 15) is 9.59 Å². The molecular weight excluding hydrogens is 188 g/mol. The molecule has 0 fully saturated rings. The van der Waals surface area contributed by atoms with E-state index in [2.05, 4.69) is 18.1 Å². The van der Waals surface area contributed by atoms with Crippen LogP contribution >= 0.6 is 12.6 Å². The number of amides is 2. The van der Waals surface area contributed by atoms with Gasteiger partial charge in [-0.3, -0.25) is 20.0 Å². The van der Waals surface area contributed by atoms with Gasteiger partial charge in [0.1, 0.15) is 0 Å². The second kappa shape index (κ2) is 7.91. The van der Waals surface area contributed by atoms with Crippen molar-refractivity contribution in [2.75, 3.05) is 12.3 Å². The largest absolute Gasteiger partial charge is 0.277 e. The minimum absolute atomic E-state index is 0.0528. The highest BCUT2D eigenvalue weighted by Crippen LogP contribution is 1.98. The minimum Gasteiger partial charge on any atom is -0.277 e. The molecule has 0 aliphatic heterocycles. The molecule has 13 heavy (non-hydrogen) atoms. The third-order valence-corrected chi connectivity index (χ3v) is 1.78. The van der Waals surface area contributed by atoms with Gasteiger partial charge in [-0.25, -0.2) is 0 Å². The molecule has 0 bridgehead atoms. The number of carbonyl (C=O) groups excluding carboxylic acids is 2. The summed E-state index contributed by atoms with van der Waals surface area (Å²) < 4.78 is 0. The van der Waals surface area contributed by atoms with E-state index in [1.807, 2.05) is 6.92 Å². The SMILES string of the molecule is CCCCC(=O)N(CCS)NC=O. The first-order chi connectivity index (χ1) is 6.26. The second-order valence-electron chi connectivity index (χ2n) is 2.62. The molecule has 76 valence electrons. The summed E-state index contributed by atoms with van der Waals surface area (Å²) >= 11 is 3.99. The van der Waals surface area contributed by atoms with Gasteiger partial charge >= 0.3 is 0 Å². The molecule has 0 aliphatic rings. The van der Waals surface area contributed by atoms with Crippen LogP contribution in [0.5, 0.6) is 0 Å². The highest BCUT2D eigenvalue weighted by Gasteiger charge is 2.10. The molecule has 0 aromatic heterocycles. The fraction of sp³-hybridized carbons (Fsp3) is 0.750. The number of carbonyl (C=O) groups is 2. The van der Waals surface area contributed by atoms with Crippen LogP contribution in [0.4, 0.5) is 0 Å². The van der Waals surface area contributed by atoms with Crippen LogP contribution in [0.25, 0.3) is 0 Å². The average molecular weight is 204 g/mol. The molecular formula is C8H16N2O2S. The van der Waals surface area contributed by atoms with Crippen LogP contribution in [-0.2, 0) is 9.59 Å². The van der Waals surface area contributed by atoms with E-state index in [1.54, 1.807) is 0 Å². The molecule has 0 atom stereocenters. The van der Waals surface area contributed by atoms with Gasteiger partial charge in [-0.2, -0.15) is 12.6 Å². The van der Waals surface area contributed by atoms with Crippen LogP contribution in [-0.4, -0.2) is 29.6 Å². The first-order valence-corrected chi connectivity index (χ1v) is 5.00. The molecule has 5 heteroatoms. The van der Waals surface area contributed by atoms with E-state index in [-0.39, 0.29) is 5.91 Å². The van der Waals surface area contributed by atoms with Crippen LogP contribution < -0.4 is 5.43 Å². The maximum atomic E-state index is 11.4. The Morgan fingerprint density at radius 2 is 2.31 bits per heavy atom. The fourth-order valence-electron chi connectivity index (χ4n) is 0.888. The number of hydrogen-bond donors (Lipinski definition) is 2. The number of hydrogen-bond acceptors (Lipinski definition) is 3. The smallest absolute Gasteiger partial charge is 0.240 e. The van der Waals surface area contributed by atoms with E-state index in [0.717, 1.165) is 12.8 Å². The number of unbranched alkanes of at least 4 members (excludes halogenated alkanes) is 1. The van der Waals surface area contributed by atoms with E-state index >= 15 is 0 Å². The van der Waals surface area contributed by atoms with Crippen molar-refractivity contribution in [3.05, 3.63) is 0 Å². The Labute approximate surface area is 84.1 Å². The Morgan fingerprint density at radius 3 is 2.77 bits per heavy atom. The summed E-state index contributed by atoms with van der Waals surface area (Å²) in [6.45, 7) is 2.47. The Bertz CT molecular complexity index is 164. The Balaban J connectivity index is 3.87. The summed E-state index contributed by atoms with van der Waals surface area (Å²) in [6.07, 6.45) is 2.81. The number of rotatable bonds is 7. The molecule has 0 spiro atoms. The number of nitrogens with one attached hydrogen (secondary N) is 1. The Morgan fingerprint density at radius 1 is 1.62 bits per heavy atom. The normalized spacial score (nSPS) is 9.38. The molecule has 0 aromatic rings. The third-order valence-electron chi connectivity index (χ3n) is 1.58. The summed E-state index contributed by atoms with van der Waals surface area (Å²) in [7, 11) is 0. The van der Waals surface area contributed by atoms with Crippen LogP contribution in [0, 0.1) is 0 Å². The van der Waals surface area contributed by atoms with Gasteiger partial charge in [-0.1, -0.05) is 13.3 Å². The number of nitrogens with zero attached hydrogens (tertiary/aromatic N) is 1. The maximum absolute atomic E-state index is 11.4. The van der Waals surface area contributed by atoms with Crippen molar-refractivity contribution in [2.45, 2.75) is 26.2 Å². The lowest BCUT2D eigenvalue weighted by Crippen LogP contribution is -2.43. The van der Waals surface area contributed by atoms with Gasteiger partial charge in [0.2, 0.25) is 12.3 Å². The van der Waals surface area contributed by atoms with Crippen molar-refractivity contribution in [1.82, 2.24) is 10.4 Å². The van der Waals surface area contributed by atoms with Crippen molar-refractivity contribution in [2.24, 2.45) is 0 Å². The lowest BCUT2D eigenvalue weighted by molar-refractivity contribution is -0.137. The van der Waals surface area contributed by atoms with Crippen molar-refractivity contribution < 1.29 is 9.59 Å². The molecule has 2 amide bonds. The van der Waals surface area contributed by atoms with Gasteiger partial charge in [0.05, 0.1) is 6.54 Å². The van der Waals surface area contributed by atoms with E-state index in [4.69, 9.17) is 0 Å². The lowest BCUT2D eigenvalue weighted by Gasteiger charge is -2.19. The van der Waals surface area contributed by atoms with E-state index in [1.165, 1.54) is 5.01 Å². The summed E-state index contributed by atoms with van der Waals surface area (Å²) in [5.41, 5.74) is 2.35. The zero-order valence-electron chi connectivity index (χ0n) is 7.82. The molecule has 0 saturated carbocycles. The van der Waals surface area contributed by atoms with E-state index in [0.29, 0.717) is 25.1 Å². The first-order valence-electron chi connectivity index (χ1n) is 4.37. The van der Waals surface area contributed by atoms with Gasteiger partial charge in [-0.05, 0) is 6.42 Å². The predicted molar refractivity (Wildman–Crippen MR) is 54.3 cm³/mol. The van der Waals surface area contributed by atoms with Crippen LogP contribution in [0.1, 0.15) is 26.2 Å². The average Bonchev–Trinajstić information content (AvgIpc) is 2.14. The van der Waals surface area contributed by atoms with Crippen molar-refractivity contribution in [1.29, 1.82) is 0 Å². The molecule has 0 unspecified atom stereocenters. The van der Waals surface area contributed by atoms with Crippen molar-refractivity contribution >= 4 is 24.9 Å². The second-order valence-corrected chi connectivity index (χ2v) is 3.07. The third kappa shape index (κ3) is 5.52. The molecule has 0 heterocycles. The molecule has 0 aromatic carbocycles. The fourth-order valence-corrected chi connectivity index (χ4v) is 1.09. The highest BCUT2D eigenvalue weighted by atomic mass is 32.1. The molecule has 0 saturated heterocycles. The summed E-state index contributed by atoms with van der Waals surface area (Å²) in [6, 6.07) is 0. The lowest BCUT2D eigenvalue weighted by atomic mass is 10.2. The standard InChI is InChI=1S/C8H16N2O2S/c1-2-3-4-8(12)10(5-6-13)9-7-11/h7,13H,2-6H2,1H3,(H,9,11). The van der Waals surface area contributed by atoms with Crippen molar-refractivity contribution in [3.8, 4) is 0 Å².